The van der Waals surface area contributed by atoms with Crippen LogP contribution in [0.2, 0.25) is 0 Å². The number of carbonyl (C=O) groups excluding carboxylic acids is 1. The van der Waals surface area contributed by atoms with Gasteiger partial charge in [-0.1, -0.05) is 11.6 Å². The minimum atomic E-state index is -3.52. The summed E-state index contributed by atoms with van der Waals surface area (Å²) in [6.07, 6.45) is 0. The second-order valence-corrected chi connectivity index (χ2v) is 4.00. The van der Waals surface area contributed by atoms with E-state index in [1.165, 1.54) is 6.92 Å². The van der Waals surface area contributed by atoms with Crippen molar-refractivity contribution in [2.75, 3.05) is 6.61 Å². The number of aliphatic hydroxyl groups is 1. The van der Waals surface area contributed by atoms with Crippen LogP contribution in [-0.4, -0.2) is 17.7 Å². The number of hydrogen-bond acceptors (Lipinski definition) is 3. The zero-order valence-electron chi connectivity index (χ0n) is 9.65. The van der Waals surface area contributed by atoms with Crippen LogP contribution >= 0.6 is 11.6 Å². The van der Waals surface area contributed by atoms with Crippen molar-refractivity contribution in [2.24, 2.45) is 0 Å². The molecule has 0 aromatic heterocycles. The van der Waals surface area contributed by atoms with Gasteiger partial charge in [0.15, 0.2) is 17.5 Å². The number of ether oxygens (including phenoxy) is 1. The minimum Gasteiger partial charge on any atom is -0.462 e. The lowest BCUT2D eigenvalue weighted by molar-refractivity contribution is -0.152. The molecule has 0 heterocycles. The van der Waals surface area contributed by atoms with E-state index in [0.29, 0.717) is 6.07 Å². The van der Waals surface area contributed by atoms with Gasteiger partial charge in [-0.15, -0.1) is 0 Å². The Morgan fingerprint density at radius 1 is 1.37 bits per heavy atom. The Bertz CT molecular complexity index is 505. The van der Waals surface area contributed by atoms with Gasteiger partial charge in [-0.05, 0) is 13.0 Å². The minimum absolute atomic E-state index is 0.241. The first-order valence-corrected chi connectivity index (χ1v) is 5.47. The lowest BCUT2D eigenvalue weighted by atomic mass is 10.0. The van der Waals surface area contributed by atoms with Crippen molar-refractivity contribution in [1.82, 2.24) is 0 Å². The molecule has 19 heavy (non-hydrogen) atoms. The van der Waals surface area contributed by atoms with Crippen molar-refractivity contribution in [3.63, 3.8) is 0 Å². The first kappa shape index (κ1) is 15.7. The van der Waals surface area contributed by atoms with E-state index < -0.39 is 46.3 Å². The Labute approximate surface area is 110 Å². The van der Waals surface area contributed by atoms with E-state index >= 15 is 0 Å². The molecule has 0 radical (unpaired) electrons. The highest BCUT2D eigenvalue weighted by molar-refractivity contribution is 6.32. The number of esters is 1. The van der Waals surface area contributed by atoms with Crippen LogP contribution in [0.5, 0.6) is 0 Å². The molecule has 0 spiro atoms. The van der Waals surface area contributed by atoms with E-state index in [2.05, 4.69) is 4.74 Å². The zero-order chi connectivity index (χ0) is 14.8. The molecule has 1 aromatic carbocycles. The molecular formula is C11H9ClF4O3. The van der Waals surface area contributed by atoms with Gasteiger partial charge >= 0.3 is 11.1 Å². The Morgan fingerprint density at radius 2 is 1.95 bits per heavy atom. The highest BCUT2D eigenvalue weighted by Crippen LogP contribution is 2.36. The van der Waals surface area contributed by atoms with Crippen LogP contribution in [0.3, 0.4) is 0 Å². The predicted octanol–water partition coefficient (Wildman–Crippen LogP) is 2.52. The first-order valence-electron chi connectivity index (χ1n) is 5.10. The third-order valence-corrected chi connectivity index (χ3v) is 2.62. The van der Waals surface area contributed by atoms with Crippen molar-refractivity contribution in [3.8, 4) is 0 Å². The molecule has 1 N–H and O–H groups in total. The smallest absolute Gasteiger partial charge is 0.364 e. The van der Waals surface area contributed by atoms with Crippen molar-refractivity contribution < 1.29 is 32.2 Å². The van der Waals surface area contributed by atoms with Crippen LogP contribution < -0.4 is 0 Å². The summed E-state index contributed by atoms with van der Waals surface area (Å²) in [5.41, 5.74) is -1.99. The standard InChI is InChI=1S/C11H9ClF4O3/c1-2-19-10(18)11(12,16)6-3-5(4-17)7(13)9(15)8(6)14/h3,17H,2,4H2,1H3/t11-/m0/s1. The molecule has 1 atom stereocenters. The number of carbonyl (C=O) groups is 1. The van der Waals surface area contributed by atoms with E-state index in [9.17, 15) is 22.4 Å². The molecular weight excluding hydrogens is 292 g/mol. The molecule has 106 valence electrons. The second-order valence-electron chi connectivity index (χ2n) is 3.48. The molecule has 3 nitrogen and oxygen atoms in total. The molecule has 0 saturated carbocycles. The summed E-state index contributed by atoms with van der Waals surface area (Å²) >= 11 is 5.20. The van der Waals surface area contributed by atoms with Crippen molar-refractivity contribution in [2.45, 2.75) is 18.7 Å². The molecule has 0 aliphatic carbocycles. The number of halogens is 5. The molecule has 0 fully saturated rings. The van der Waals surface area contributed by atoms with E-state index in [0.717, 1.165) is 0 Å². The highest BCUT2D eigenvalue weighted by atomic mass is 35.5. The summed E-state index contributed by atoms with van der Waals surface area (Å²) in [6, 6.07) is 0.428. The van der Waals surface area contributed by atoms with Crippen LogP contribution in [-0.2, 0) is 21.3 Å². The lowest BCUT2D eigenvalue weighted by Crippen LogP contribution is -2.29. The van der Waals surface area contributed by atoms with Crippen LogP contribution in [0.25, 0.3) is 0 Å². The fraction of sp³-hybridized carbons (Fsp3) is 0.364. The molecule has 1 aromatic rings. The van der Waals surface area contributed by atoms with Gasteiger partial charge in [0.2, 0.25) is 0 Å². The Kier molecular flexibility index (Phi) is 4.75. The second kappa shape index (κ2) is 5.75. The summed E-state index contributed by atoms with van der Waals surface area (Å²) in [4.78, 5) is 11.2. The fourth-order valence-corrected chi connectivity index (χ4v) is 1.52. The van der Waals surface area contributed by atoms with Crippen LogP contribution in [0.15, 0.2) is 6.07 Å². The number of alkyl halides is 2. The predicted molar refractivity (Wildman–Crippen MR) is 57.5 cm³/mol. The molecule has 0 aliphatic heterocycles. The number of benzene rings is 1. The van der Waals surface area contributed by atoms with Gasteiger partial charge in [0.25, 0.3) is 0 Å². The lowest BCUT2D eigenvalue weighted by Gasteiger charge is -2.18. The van der Waals surface area contributed by atoms with Gasteiger partial charge in [-0.2, -0.15) is 0 Å². The molecule has 0 saturated heterocycles. The van der Waals surface area contributed by atoms with E-state index in [4.69, 9.17) is 16.7 Å². The van der Waals surface area contributed by atoms with Crippen molar-refractivity contribution >= 4 is 17.6 Å². The van der Waals surface area contributed by atoms with Gasteiger partial charge in [-0.3, -0.25) is 0 Å². The average molecular weight is 301 g/mol. The van der Waals surface area contributed by atoms with Crippen LogP contribution in [0, 0.1) is 17.5 Å². The van der Waals surface area contributed by atoms with Gasteiger partial charge in [0.05, 0.1) is 18.8 Å². The summed E-state index contributed by atoms with van der Waals surface area (Å²) in [5.74, 6) is -7.33. The number of rotatable bonds is 4. The van der Waals surface area contributed by atoms with Gasteiger partial charge in [0, 0.05) is 5.56 Å². The normalized spacial score (nSPS) is 14.1. The largest absolute Gasteiger partial charge is 0.462 e. The Hall–Kier alpha value is -1.34. The van der Waals surface area contributed by atoms with Gasteiger partial charge in [0.1, 0.15) is 0 Å². The molecule has 0 bridgehead atoms. The SMILES string of the molecule is CCOC(=O)[C@](F)(Cl)c1cc(CO)c(F)c(F)c1F. The summed E-state index contributed by atoms with van der Waals surface area (Å²) < 4.78 is 58.0. The molecule has 8 heteroatoms. The van der Waals surface area contributed by atoms with E-state index in [-0.39, 0.29) is 6.61 Å². The van der Waals surface area contributed by atoms with E-state index in [1.807, 2.05) is 0 Å². The van der Waals surface area contributed by atoms with Crippen molar-refractivity contribution in [3.05, 3.63) is 34.6 Å². The maximum atomic E-state index is 14.0. The average Bonchev–Trinajstić information content (AvgIpc) is 2.36. The third-order valence-electron chi connectivity index (χ3n) is 2.26. The van der Waals surface area contributed by atoms with E-state index in [1.54, 1.807) is 0 Å². The quantitative estimate of drug-likeness (QED) is 0.402. The third kappa shape index (κ3) is 2.82. The molecule has 1 rings (SSSR count). The monoisotopic (exact) mass is 300 g/mol. The first-order chi connectivity index (χ1) is 8.77. The Morgan fingerprint density at radius 3 is 2.42 bits per heavy atom. The Balaban J connectivity index is 3.42. The molecule has 0 aliphatic rings. The summed E-state index contributed by atoms with van der Waals surface area (Å²) in [6.45, 7) is 0.0901. The zero-order valence-corrected chi connectivity index (χ0v) is 10.4. The van der Waals surface area contributed by atoms with Gasteiger partial charge in [-0.25, -0.2) is 22.4 Å². The highest BCUT2D eigenvalue weighted by Gasteiger charge is 2.44. The molecule has 0 amide bonds. The number of aliphatic hydroxyl groups excluding tert-OH is 1. The topological polar surface area (TPSA) is 46.5 Å². The van der Waals surface area contributed by atoms with Crippen LogP contribution in [0.4, 0.5) is 17.6 Å². The summed E-state index contributed by atoms with van der Waals surface area (Å²) in [5, 5.41) is 5.24. The molecule has 0 unspecified atom stereocenters. The summed E-state index contributed by atoms with van der Waals surface area (Å²) in [7, 11) is 0. The number of hydrogen-bond donors (Lipinski definition) is 1. The maximum absolute atomic E-state index is 14.0. The van der Waals surface area contributed by atoms with Crippen LogP contribution in [0.1, 0.15) is 18.1 Å². The fourth-order valence-electron chi connectivity index (χ4n) is 1.33. The maximum Gasteiger partial charge on any atom is 0.364 e. The van der Waals surface area contributed by atoms with Gasteiger partial charge < -0.3 is 9.84 Å². The van der Waals surface area contributed by atoms with Crippen molar-refractivity contribution in [1.29, 1.82) is 0 Å².